The third-order valence-corrected chi connectivity index (χ3v) is 4.85. The number of amides is 1. The Kier molecular flexibility index (Phi) is 7.36. The van der Waals surface area contributed by atoms with Gasteiger partial charge in [-0.25, -0.2) is 0 Å². The fourth-order valence-electron chi connectivity index (χ4n) is 2.95. The van der Waals surface area contributed by atoms with Gasteiger partial charge >= 0.3 is 0 Å². The Bertz CT molecular complexity index is 1230. The lowest BCUT2D eigenvalue weighted by Gasteiger charge is -2.09. The van der Waals surface area contributed by atoms with E-state index in [9.17, 15) is 4.79 Å². The molecule has 0 aliphatic heterocycles. The predicted octanol–water partition coefficient (Wildman–Crippen LogP) is 6.90. The van der Waals surface area contributed by atoms with Gasteiger partial charge in [0.1, 0.15) is 17.2 Å². The van der Waals surface area contributed by atoms with Crippen molar-refractivity contribution >= 4 is 35.1 Å². The predicted molar refractivity (Wildman–Crippen MR) is 132 cm³/mol. The van der Waals surface area contributed by atoms with Gasteiger partial charge in [0, 0.05) is 11.9 Å². The van der Waals surface area contributed by atoms with Gasteiger partial charge in [-0.2, -0.15) is 0 Å². The number of nitrogens with one attached hydrogen (secondary N) is 1. The maximum absolute atomic E-state index is 12.0. The number of para-hydroxylation sites is 2. The molecule has 0 radical (unpaired) electrons. The molecule has 4 rings (SSSR count). The molecule has 0 heterocycles. The lowest BCUT2D eigenvalue weighted by Crippen LogP contribution is -2.20. The summed E-state index contributed by atoms with van der Waals surface area (Å²) in [5, 5.41) is 3.16. The largest absolute Gasteiger partial charge is 0.482 e. The highest BCUT2D eigenvalue weighted by Crippen LogP contribution is 2.26. The van der Waals surface area contributed by atoms with Crippen molar-refractivity contribution < 1.29 is 14.3 Å². The Morgan fingerprint density at radius 2 is 1.52 bits per heavy atom. The van der Waals surface area contributed by atoms with Gasteiger partial charge in [0.05, 0.1) is 10.7 Å². The van der Waals surface area contributed by atoms with Crippen molar-refractivity contribution in [1.29, 1.82) is 0 Å². The topological polar surface area (TPSA) is 59.9 Å². The number of carbonyl (C=O) groups is 1. The van der Waals surface area contributed by atoms with E-state index in [1.807, 2.05) is 91.0 Å². The molecule has 0 aromatic heterocycles. The van der Waals surface area contributed by atoms with Crippen LogP contribution in [0, 0.1) is 0 Å². The van der Waals surface area contributed by atoms with Crippen LogP contribution in [0.25, 0.3) is 0 Å². The molecule has 0 aliphatic rings. The standard InChI is InChI=1S/C27H21ClN2O3/c28-25-17-20(11-16-26(25)32-19-27(31)30-22-7-3-1-4-8-22)18-29-21-12-14-24(15-13-21)33-23-9-5-2-6-10-23/h1-18H,19H2,(H,30,31). The molecule has 5 nitrogen and oxygen atoms in total. The summed E-state index contributed by atoms with van der Waals surface area (Å²) in [5.74, 6) is 1.69. The Hall–Kier alpha value is -4.09. The van der Waals surface area contributed by atoms with Gasteiger partial charge < -0.3 is 14.8 Å². The van der Waals surface area contributed by atoms with E-state index in [-0.39, 0.29) is 12.5 Å². The summed E-state index contributed by atoms with van der Waals surface area (Å²) in [4.78, 5) is 16.5. The molecule has 6 heteroatoms. The van der Waals surface area contributed by atoms with Crippen molar-refractivity contribution in [2.24, 2.45) is 4.99 Å². The fraction of sp³-hybridized carbons (Fsp3) is 0.0370. The molecule has 0 atom stereocenters. The zero-order valence-corrected chi connectivity index (χ0v) is 18.4. The first-order valence-corrected chi connectivity index (χ1v) is 10.7. The van der Waals surface area contributed by atoms with Crippen molar-refractivity contribution in [3.8, 4) is 17.2 Å². The van der Waals surface area contributed by atoms with Crippen LogP contribution in [0.4, 0.5) is 11.4 Å². The average Bonchev–Trinajstić information content (AvgIpc) is 2.84. The Morgan fingerprint density at radius 3 is 2.21 bits per heavy atom. The van der Waals surface area contributed by atoms with Crippen LogP contribution >= 0.6 is 11.6 Å². The summed E-state index contributed by atoms with van der Waals surface area (Å²) in [7, 11) is 0. The van der Waals surface area contributed by atoms with Gasteiger partial charge in [0.15, 0.2) is 6.61 Å². The van der Waals surface area contributed by atoms with Crippen LogP contribution in [0.15, 0.2) is 108 Å². The SMILES string of the molecule is O=C(COc1ccc(C=Nc2ccc(Oc3ccccc3)cc2)cc1Cl)Nc1ccccc1. The van der Waals surface area contributed by atoms with E-state index in [0.717, 1.165) is 22.7 Å². The molecule has 4 aromatic rings. The molecule has 164 valence electrons. The van der Waals surface area contributed by atoms with Crippen LogP contribution in [-0.2, 0) is 4.79 Å². The quantitative estimate of drug-likeness (QED) is 0.293. The second-order valence-corrected chi connectivity index (χ2v) is 7.47. The Morgan fingerprint density at radius 1 is 0.848 bits per heavy atom. The molecule has 0 bridgehead atoms. The number of rotatable bonds is 8. The minimum absolute atomic E-state index is 0.139. The number of ether oxygens (including phenoxy) is 2. The fourth-order valence-corrected chi connectivity index (χ4v) is 3.19. The molecule has 0 saturated carbocycles. The van der Waals surface area contributed by atoms with Crippen LogP contribution in [0.3, 0.4) is 0 Å². The number of nitrogens with zero attached hydrogens (tertiary/aromatic N) is 1. The maximum Gasteiger partial charge on any atom is 0.262 e. The summed E-state index contributed by atoms with van der Waals surface area (Å²) < 4.78 is 11.3. The lowest BCUT2D eigenvalue weighted by atomic mass is 10.2. The number of anilines is 1. The number of halogens is 1. The van der Waals surface area contributed by atoms with E-state index in [2.05, 4.69) is 10.3 Å². The molecular formula is C27H21ClN2O3. The second kappa shape index (κ2) is 11.0. The van der Waals surface area contributed by atoms with Crippen LogP contribution in [0.5, 0.6) is 17.2 Å². The highest BCUT2D eigenvalue weighted by atomic mass is 35.5. The molecule has 1 amide bonds. The zero-order chi connectivity index (χ0) is 22.9. The van der Waals surface area contributed by atoms with Crippen molar-refractivity contribution in [2.45, 2.75) is 0 Å². The van der Waals surface area contributed by atoms with E-state index in [1.165, 1.54) is 0 Å². The third kappa shape index (κ3) is 6.69. The monoisotopic (exact) mass is 456 g/mol. The Labute approximate surface area is 197 Å². The molecule has 0 spiro atoms. The average molecular weight is 457 g/mol. The number of hydrogen-bond donors (Lipinski definition) is 1. The summed E-state index contributed by atoms with van der Waals surface area (Å²) in [6.07, 6.45) is 1.71. The number of benzene rings is 4. The van der Waals surface area contributed by atoms with Gasteiger partial charge in [-0.1, -0.05) is 48.0 Å². The number of aliphatic imine (C=N–C) groups is 1. The second-order valence-electron chi connectivity index (χ2n) is 7.06. The summed E-state index contributed by atoms with van der Waals surface area (Å²) in [6.45, 7) is -0.139. The third-order valence-electron chi connectivity index (χ3n) is 4.55. The van der Waals surface area contributed by atoms with Crippen LogP contribution in [0.1, 0.15) is 5.56 Å². The van der Waals surface area contributed by atoms with Gasteiger partial charge in [0.2, 0.25) is 0 Å². The normalized spacial score (nSPS) is 10.7. The minimum Gasteiger partial charge on any atom is -0.482 e. The maximum atomic E-state index is 12.0. The van der Waals surface area contributed by atoms with E-state index in [1.54, 1.807) is 18.3 Å². The highest BCUT2D eigenvalue weighted by molar-refractivity contribution is 6.32. The zero-order valence-electron chi connectivity index (χ0n) is 17.6. The molecular weight excluding hydrogens is 436 g/mol. The first kappa shape index (κ1) is 22.1. The van der Waals surface area contributed by atoms with Gasteiger partial charge in [-0.05, 0) is 72.3 Å². The minimum atomic E-state index is -0.261. The molecule has 0 aliphatic carbocycles. The number of carbonyl (C=O) groups excluding carboxylic acids is 1. The van der Waals surface area contributed by atoms with Gasteiger partial charge in [-0.15, -0.1) is 0 Å². The highest BCUT2D eigenvalue weighted by Gasteiger charge is 2.07. The molecule has 4 aromatic carbocycles. The van der Waals surface area contributed by atoms with Gasteiger partial charge in [-0.3, -0.25) is 9.79 Å². The molecule has 33 heavy (non-hydrogen) atoms. The van der Waals surface area contributed by atoms with Crippen molar-refractivity contribution in [2.75, 3.05) is 11.9 Å². The molecule has 1 N–H and O–H groups in total. The smallest absolute Gasteiger partial charge is 0.262 e. The van der Waals surface area contributed by atoms with Crippen molar-refractivity contribution in [3.05, 3.63) is 114 Å². The van der Waals surface area contributed by atoms with Crippen molar-refractivity contribution in [1.82, 2.24) is 0 Å². The van der Waals surface area contributed by atoms with Crippen molar-refractivity contribution in [3.63, 3.8) is 0 Å². The Balaban J connectivity index is 1.31. The summed E-state index contributed by atoms with van der Waals surface area (Å²) in [6, 6.07) is 31.6. The van der Waals surface area contributed by atoms with Crippen LogP contribution < -0.4 is 14.8 Å². The van der Waals surface area contributed by atoms with Crippen LogP contribution in [-0.4, -0.2) is 18.7 Å². The van der Waals surface area contributed by atoms with Gasteiger partial charge in [0.25, 0.3) is 5.91 Å². The molecule has 0 fully saturated rings. The summed E-state index contributed by atoms with van der Waals surface area (Å²) >= 11 is 6.32. The first-order chi connectivity index (χ1) is 16.2. The summed E-state index contributed by atoms with van der Waals surface area (Å²) in [5.41, 5.74) is 2.30. The first-order valence-electron chi connectivity index (χ1n) is 10.3. The van der Waals surface area contributed by atoms with E-state index in [0.29, 0.717) is 16.5 Å². The van der Waals surface area contributed by atoms with E-state index in [4.69, 9.17) is 21.1 Å². The van der Waals surface area contributed by atoms with Crippen LogP contribution in [0.2, 0.25) is 5.02 Å². The number of hydrogen-bond acceptors (Lipinski definition) is 4. The molecule has 0 saturated heterocycles. The van der Waals surface area contributed by atoms with E-state index >= 15 is 0 Å². The lowest BCUT2D eigenvalue weighted by molar-refractivity contribution is -0.118. The van der Waals surface area contributed by atoms with E-state index < -0.39 is 0 Å². The molecule has 0 unspecified atom stereocenters.